The topological polar surface area (TPSA) is 84.5 Å². The van der Waals surface area contributed by atoms with Gasteiger partial charge in [-0.3, -0.25) is 20.4 Å². The molecule has 0 spiro atoms. The van der Waals surface area contributed by atoms with Crippen molar-refractivity contribution in [2.24, 2.45) is 0 Å². The molecule has 2 aromatic rings. The van der Waals surface area contributed by atoms with E-state index >= 15 is 0 Å². The number of carbonyl (C=O) groups is 3. The summed E-state index contributed by atoms with van der Waals surface area (Å²) in [5.74, 6) is -1.84. The summed E-state index contributed by atoms with van der Waals surface area (Å²) >= 11 is 5.73. The lowest BCUT2D eigenvalue weighted by Gasteiger charge is -2.07. The van der Waals surface area contributed by atoms with Gasteiger partial charge in [0.1, 0.15) is 0 Å². The number of hydrogen-bond donors (Lipinski definition) is 2. The maximum atomic E-state index is 11.8. The highest BCUT2D eigenvalue weighted by atomic mass is 35.5. The van der Waals surface area contributed by atoms with E-state index in [-0.39, 0.29) is 0 Å². The monoisotopic (exact) mass is 372 g/mol. The van der Waals surface area contributed by atoms with Crippen LogP contribution in [0.4, 0.5) is 0 Å². The molecule has 0 aliphatic heterocycles. The molecule has 2 rings (SSSR count). The van der Waals surface area contributed by atoms with Crippen LogP contribution in [0.5, 0.6) is 0 Å². The van der Waals surface area contributed by atoms with Crippen LogP contribution in [0.15, 0.2) is 54.6 Å². The smallest absolute Gasteiger partial charge is 0.331 e. The molecule has 2 aromatic carbocycles. The van der Waals surface area contributed by atoms with Crippen LogP contribution in [0, 0.1) is 6.92 Å². The van der Waals surface area contributed by atoms with Gasteiger partial charge in [0, 0.05) is 16.7 Å². The Bertz CT molecular complexity index is 814. The van der Waals surface area contributed by atoms with Crippen LogP contribution in [0.25, 0.3) is 6.08 Å². The number of rotatable bonds is 5. The van der Waals surface area contributed by atoms with Gasteiger partial charge in [0.2, 0.25) is 0 Å². The van der Waals surface area contributed by atoms with Crippen LogP contribution in [-0.2, 0) is 14.3 Å². The molecule has 6 nitrogen and oxygen atoms in total. The van der Waals surface area contributed by atoms with Gasteiger partial charge in [0.15, 0.2) is 6.61 Å². The third-order valence-corrected chi connectivity index (χ3v) is 3.51. The van der Waals surface area contributed by atoms with Gasteiger partial charge in [-0.15, -0.1) is 0 Å². The van der Waals surface area contributed by atoms with E-state index in [0.717, 1.165) is 11.1 Å². The zero-order valence-corrected chi connectivity index (χ0v) is 14.7. The molecule has 0 unspecified atom stereocenters. The van der Waals surface area contributed by atoms with Crippen LogP contribution >= 0.6 is 11.6 Å². The number of amides is 2. The minimum absolute atomic E-state index is 0.327. The number of carbonyl (C=O) groups excluding carboxylic acids is 3. The number of aryl methyl sites for hydroxylation is 1. The maximum Gasteiger partial charge on any atom is 0.331 e. The Kier molecular flexibility index (Phi) is 6.93. The highest BCUT2D eigenvalue weighted by molar-refractivity contribution is 6.30. The Hall–Kier alpha value is -3.12. The summed E-state index contributed by atoms with van der Waals surface area (Å²) in [6, 6.07) is 13.7. The molecule has 2 amide bonds. The second-order valence-electron chi connectivity index (χ2n) is 5.36. The number of esters is 1. The Labute approximate surface area is 155 Å². The Balaban J connectivity index is 1.72. The summed E-state index contributed by atoms with van der Waals surface area (Å²) in [6.07, 6.45) is 2.81. The summed E-state index contributed by atoms with van der Waals surface area (Å²) < 4.78 is 4.80. The second kappa shape index (κ2) is 9.39. The summed E-state index contributed by atoms with van der Waals surface area (Å²) in [5, 5.41) is 0.496. The van der Waals surface area contributed by atoms with Crippen molar-refractivity contribution >= 4 is 35.5 Å². The molecular weight excluding hydrogens is 356 g/mol. The van der Waals surface area contributed by atoms with Crippen molar-refractivity contribution in [3.63, 3.8) is 0 Å². The minimum atomic E-state index is -0.663. The van der Waals surface area contributed by atoms with E-state index in [1.807, 2.05) is 31.2 Å². The van der Waals surface area contributed by atoms with Crippen molar-refractivity contribution in [2.75, 3.05) is 6.61 Å². The second-order valence-corrected chi connectivity index (χ2v) is 5.80. The molecule has 0 saturated carbocycles. The summed E-state index contributed by atoms with van der Waals surface area (Å²) in [5.41, 5.74) is 6.65. The van der Waals surface area contributed by atoms with Crippen molar-refractivity contribution in [3.05, 3.63) is 76.3 Å². The zero-order chi connectivity index (χ0) is 18.9. The Morgan fingerprint density at radius 3 is 2.31 bits per heavy atom. The zero-order valence-electron chi connectivity index (χ0n) is 14.0. The quantitative estimate of drug-likeness (QED) is 0.480. The average Bonchev–Trinajstić information content (AvgIpc) is 2.64. The van der Waals surface area contributed by atoms with Crippen LogP contribution in [-0.4, -0.2) is 24.4 Å². The average molecular weight is 373 g/mol. The molecule has 134 valence electrons. The molecule has 0 fully saturated rings. The van der Waals surface area contributed by atoms with E-state index in [4.69, 9.17) is 16.3 Å². The molecule has 0 radical (unpaired) electrons. The molecular formula is C19H17ClN2O4. The molecule has 0 saturated heterocycles. The van der Waals surface area contributed by atoms with Crippen LogP contribution in [0.3, 0.4) is 0 Å². The van der Waals surface area contributed by atoms with E-state index in [1.54, 1.807) is 18.2 Å². The molecule has 0 aliphatic carbocycles. The van der Waals surface area contributed by atoms with Crippen molar-refractivity contribution in [1.29, 1.82) is 0 Å². The van der Waals surface area contributed by atoms with E-state index in [2.05, 4.69) is 10.9 Å². The molecule has 0 atom stereocenters. The first kappa shape index (κ1) is 19.2. The predicted octanol–water partition coefficient (Wildman–Crippen LogP) is 2.67. The minimum Gasteiger partial charge on any atom is -0.452 e. The van der Waals surface area contributed by atoms with Crippen molar-refractivity contribution in [3.8, 4) is 0 Å². The van der Waals surface area contributed by atoms with Gasteiger partial charge in [-0.1, -0.05) is 41.4 Å². The fraction of sp³-hybridized carbons (Fsp3) is 0.105. The van der Waals surface area contributed by atoms with Gasteiger partial charge in [0.05, 0.1) is 0 Å². The normalized spacial score (nSPS) is 10.4. The van der Waals surface area contributed by atoms with Gasteiger partial charge < -0.3 is 4.74 Å². The van der Waals surface area contributed by atoms with E-state index in [9.17, 15) is 14.4 Å². The summed E-state index contributed by atoms with van der Waals surface area (Å²) in [6.45, 7) is 1.45. The Morgan fingerprint density at radius 2 is 1.65 bits per heavy atom. The molecule has 26 heavy (non-hydrogen) atoms. The van der Waals surface area contributed by atoms with Crippen LogP contribution in [0.2, 0.25) is 5.02 Å². The summed E-state index contributed by atoms with van der Waals surface area (Å²) in [7, 11) is 0. The molecule has 7 heteroatoms. The standard InChI is InChI=1S/C19H17ClN2O4/c1-13-2-4-14(5-3-13)6-11-18(24)26-12-17(23)21-22-19(25)15-7-9-16(20)10-8-15/h2-11H,12H2,1H3,(H,21,23)(H,22,25)/b11-6+. The number of hydrogen-bond acceptors (Lipinski definition) is 4. The lowest BCUT2D eigenvalue weighted by atomic mass is 10.1. The number of hydrazine groups is 1. The van der Waals surface area contributed by atoms with Crippen molar-refractivity contribution in [2.45, 2.75) is 6.92 Å². The van der Waals surface area contributed by atoms with E-state index in [0.29, 0.717) is 10.6 Å². The number of ether oxygens (including phenoxy) is 1. The van der Waals surface area contributed by atoms with Gasteiger partial charge in [-0.25, -0.2) is 4.79 Å². The molecule has 0 bridgehead atoms. The van der Waals surface area contributed by atoms with E-state index in [1.165, 1.54) is 18.2 Å². The number of benzene rings is 2. The SMILES string of the molecule is Cc1ccc(/C=C/C(=O)OCC(=O)NNC(=O)c2ccc(Cl)cc2)cc1. The molecule has 0 aliphatic rings. The van der Waals surface area contributed by atoms with Gasteiger partial charge in [-0.05, 0) is 42.8 Å². The lowest BCUT2D eigenvalue weighted by molar-refractivity contribution is -0.144. The Morgan fingerprint density at radius 1 is 1.00 bits per heavy atom. The third kappa shape index (κ3) is 6.41. The van der Waals surface area contributed by atoms with Gasteiger partial charge in [0.25, 0.3) is 11.8 Å². The van der Waals surface area contributed by atoms with Crippen molar-refractivity contribution in [1.82, 2.24) is 10.9 Å². The van der Waals surface area contributed by atoms with Crippen molar-refractivity contribution < 1.29 is 19.1 Å². The van der Waals surface area contributed by atoms with Crippen LogP contribution < -0.4 is 10.9 Å². The molecule has 0 aromatic heterocycles. The molecule has 0 heterocycles. The summed E-state index contributed by atoms with van der Waals surface area (Å²) in [4.78, 5) is 35.0. The van der Waals surface area contributed by atoms with Gasteiger partial charge >= 0.3 is 5.97 Å². The third-order valence-electron chi connectivity index (χ3n) is 3.26. The first-order valence-electron chi connectivity index (χ1n) is 7.70. The largest absolute Gasteiger partial charge is 0.452 e. The highest BCUT2D eigenvalue weighted by Crippen LogP contribution is 2.09. The highest BCUT2D eigenvalue weighted by Gasteiger charge is 2.08. The fourth-order valence-corrected chi connectivity index (χ4v) is 1.99. The molecule has 2 N–H and O–H groups in total. The lowest BCUT2D eigenvalue weighted by Crippen LogP contribution is -2.43. The fourth-order valence-electron chi connectivity index (χ4n) is 1.86. The van der Waals surface area contributed by atoms with Gasteiger partial charge in [-0.2, -0.15) is 0 Å². The predicted molar refractivity (Wildman–Crippen MR) is 98.2 cm³/mol. The van der Waals surface area contributed by atoms with Crippen LogP contribution in [0.1, 0.15) is 21.5 Å². The number of halogens is 1. The maximum absolute atomic E-state index is 11.8. The first-order chi connectivity index (χ1) is 12.4. The number of nitrogens with one attached hydrogen (secondary N) is 2. The van der Waals surface area contributed by atoms with E-state index < -0.39 is 24.4 Å². The first-order valence-corrected chi connectivity index (χ1v) is 8.08.